The molecule has 2 N–H and O–H groups in total. The molecular formula is C9H17N3O2. The van der Waals surface area contributed by atoms with Crippen LogP contribution in [0.4, 0.5) is 0 Å². The predicted octanol–water partition coefficient (Wildman–Crippen LogP) is -0.898. The van der Waals surface area contributed by atoms with Gasteiger partial charge in [0.1, 0.15) is 0 Å². The zero-order valence-corrected chi connectivity index (χ0v) is 8.29. The lowest BCUT2D eigenvalue weighted by atomic mass is 10.2. The van der Waals surface area contributed by atoms with Crippen molar-refractivity contribution in [2.24, 2.45) is 0 Å². The normalized spacial score (nSPS) is 29.0. The van der Waals surface area contributed by atoms with Gasteiger partial charge in [0.25, 0.3) is 5.91 Å². The van der Waals surface area contributed by atoms with Crippen LogP contribution in [-0.4, -0.2) is 49.8 Å². The highest BCUT2D eigenvalue weighted by Crippen LogP contribution is 2.05. The van der Waals surface area contributed by atoms with Gasteiger partial charge in [-0.2, -0.15) is 0 Å². The fourth-order valence-electron chi connectivity index (χ4n) is 1.82. The second kappa shape index (κ2) is 4.72. The van der Waals surface area contributed by atoms with Gasteiger partial charge in [0.15, 0.2) is 0 Å². The zero-order chi connectivity index (χ0) is 9.80. The highest BCUT2D eigenvalue weighted by atomic mass is 16.5. The Hall–Kier alpha value is -0.650. The van der Waals surface area contributed by atoms with Crippen LogP contribution in [-0.2, 0) is 9.53 Å². The van der Waals surface area contributed by atoms with Crippen LogP contribution in [0.15, 0.2) is 0 Å². The summed E-state index contributed by atoms with van der Waals surface area (Å²) in [5.74, 6) is 0.101. The first-order chi connectivity index (χ1) is 6.86. The van der Waals surface area contributed by atoms with Gasteiger partial charge in [-0.15, -0.1) is 0 Å². The van der Waals surface area contributed by atoms with Crippen LogP contribution in [0.2, 0.25) is 0 Å². The summed E-state index contributed by atoms with van der Waals surface area (Å²) in [4.78, 5) is 11.7. The molecule has 14 heavy (non-hydrogen) atoms. The number of hydrogen-bond donors (Lipinski definition) is 2. The molecule has 1 atom stereocenters. The molecule has 2 rings (SSSR count). The zero-order valence-electron chi connectivity index (χ0n) is 8.29. The summed E-state index contributed by atoms with van der Waals surface area (Å²) in [5.41, 5.74) is 2.91. The standard InChI is InChI=1S/C9H17N3O2/c13-9(8-2-1-3-10-8)11-12-4-6-14-7-5-12/h8,10H,1-7H2,(H,11,13)/t8-/m0/s1. The van der Waals surface area contributed by atoms with Gasteiger partial charge in [0.2, 0.25) is 0 Å². The van der Waals surface area contributed by atoms with E-state index in [1.54, 1.807) is 0 Å². The molecule has 2 heterocycles. The Balaban J connectivity index is 1.75. The molecule has 2 aliphatic heterocycles. The molecule has 0 unspecified atom stereocenters. The molecule has 0 aromatic carbocycles. The topological polar surface area (TPSA) is 53.6 Å². The first-order valence-corrected chi connectivity index (χ1v) is 5.23. The molecule has 5 heteroatoms. The summed E-state index contributed by atoms with van der Waals surface area (Å²) in [5, 5.41) is 5.11. The smallest absolute Gasteiger partial charge is 0.251 e. The Kier molecular flexibility index (Phi) is 3.34. The molecule has 2 saturated heterocycles. The van der Waals surface area contributed by atoms with E-state index >= 15 is 0 Å². The molecule has 5 nitrogen and oxygen atoms in total. The monoisotopic (exact) mass is 199 g/mol. The summed E-state index contributed by atoms with van der Waals surface area (Å²) in [6.07, 6.45) is 2.05. The van der Waals surface area contributed by atoms with Gasteiger partial charge in [-0.05, 0) is 19.4 Å². The third kappa shape index (κ3) is 2.43. The van der Waals surface area contributed by atoms with Crippen molar-refractivity contribution in [1.82, 2.24) is 15.8 Å². The maximum Gasteiger partial charge on any atom is 0.251 e. The van der Waals surface area contributed by atoms with Crippen molar-refractivity contribution in [2.45, 2.75) is 18.9 Å². The van der Waals surface area contributed by atoms with Crippen molar-refractivity contribution >= 4 is 5.91 Å². The van der Waals surface area contributed by atoms with Crippen LogP contribution in [0.5, 0.6) is 0 Å². The molecule has 1 amide bonds. The van der Waals surface area contributed by atoms with Crippen molar-refractivity contribution in [2.75, 3.05) is 32.8 Å². The van der Waals surface area contributed by atoms with E-state index in [2.05, 4.69) is 10.7 Å². The molecule has 80 valence electrons. The Morgan fingerprint density at radius 3 is 2.86 bits per heavy atom. The number of morpholine rings is 1. The second-order valence-corrected chi connectivity index (χ2v) is 3.72. The van der Waals surface area contributed by atoms with Crippen LogP contribution in [0.25, 0.3) is 0 Å². The highest BCUT2D eigenvalue weighted by molar-refractivity contribution is 5.81. The quantitative estimate of drug-likeness (QED) is 0.605. The van der Waals surface area contributed by atoms with Gasteiger partial charge in [0.05, 0.1) is 19.3 Å². The summed E-state index contributed by atoms with van der Waals surface area (Å²) in [7, 11) is 0. The van der Waals surface area contributed by atoms with E-state index in [1.807, 2.05) is 5.01 Å². The van der Waals surface area contributed by atoms with E-state index in [4.69, 9.17) is 4.74 Å². The van der Waals surface area contributed by atoms with Gasteiger partial charge < -0.3 is 10.1 Å². The van der Waals surface area contributed by atoms with Gasteiger partial charge >= 0.3 is 0 Å². The molecular weight excluding hydrogens is 182 g/mol. The van der Waals surface area contributed by atoms with Gasteiger partial charge in [0, 0.05) is 13.1 Å². The summed E-state index contributed by atoms with van der Waals surface area (Å²) in [6.45, 7) is 3.95. The fourth-order valence-corrected chi connectivity index (χ4v) is 1.82. The average Bonchev–Trinajstić information content (AvgIpc) is 2.72. The molecule has 2 aliphatic rings. The Morgan fingerprint density at radius 2 is 2.21 bits per heavy atom. The number of carbonyl (C=O) groups is 1. The van der Waals surface area contributed by atoms with Gasteiger partial charge in [-0.1, -0.05) is 0 Å². The molecule has 0 aliphatic carbocycles. The maximum atomic E-state index is 11.7. The predicted molar refractivity (Wildman–Crippen MR) is 51.6 cm³/mol. The first kappa shape index (κ1) is 9.89. The van der Waals surface area contributed by atoms with E-state index in [1.165, 1.54) is 0 Å². The summed E-state index contributed by atoms with van der Waals surface area (Å²) >= 11 is 0. The van der Waals surface area contributed by atoms with E-state index in [-0.39, 0.29) is 11.9 Å². The largest absolute Gasteiger partial charge is 0.379 e. The summed E-state index contributed by atoms with van der Waals surface area (Å²) in [6, 6.07) is 0.0119. The fraction of sp³-hybridized carbons (Fsp3) is 0.889. The second-order valence-electron chi connectivity index (χ2n) is 3.72. The van der Waals surface area contributed by atoms with E-state index in [0.29, 0.717) is 13.2 Å². The molecule has 0 spiro atoms. The third-order valence-corrected chi connectivity index (χ3v) is 2.66. The number of hydrogen-bond acceptors (Lipinski definition) is 4. The number of rotatable bonds is 2. The van der Waals surface area contributed by atoms with Crippen molar-refractivity contribution in [3.05, 3.63) is 0 Å². The van der Waals surface area contributed by atoms with Crippen LogP contribution in [0.1, 0.15) is 12.8 Å². The van der Waals surface area contributed by atoms with Crippen LogP contribution >= 0.6 is 0 Å². The maximum absolute atomic E-state index is 11.7. The summed E-state index contributed by atoms with van der Waals surface area (Å²) < 4.78 is 5.20. The lowest BCUT2D eigenvalue weighted by Gasteiger charge is -2.28. The molecule has 0 aromatic rings. The Morgan fingerprint density at radius 1 is 1.43 bits per heavy atom. The van der Waals surface area contributed by atoms with Crippen LogP contribution < -0.4 is 10.7 Å². The van der Waals surface area contributed by atoms with Gasteiger partial charge in [-0.25, -0.2) is 5.01 Å². The van der Waals surface area contributed by atoms with Crippen molar-refractivity contribution in [1.29, 1.82) is 0 Å². The SMILES string of the molecule is O=C(NN1CCOCC1)[C@@H]1CCCN1. The van der Waals surface area contributed by atoms with Gasteiger partial charge in [-0.3, -0.25) is 10.2 Å². The average molecular weight is 199 g/mol. The Labute approximate surface area is 83.8 Å². The van der Waals surface area contributed by atoms with E-state index in [0.717, 1.165) is 32.5 Å². The number of amides is 1. The number of carbonyl (C=O) groups excluding carboxylic acids is 1. The van der Waals surface area contributed by atoms with Crippen LogP contribution in [0.3, 0.4) is 0 Å². The third-order valence-electron chi connectivity index (χ3n) is 2.66. The number of nitrogens with one attached hydrogen (secondary N) is 2. The molecule has 0 radical (unpaired) electrons. The number of nitrogens with zero attached hydrogens (tertiary/aromatic N) is 1. The van der Waals surface area contributed by atoms with Crippen LogP contribution in [0, 0.1) is 0 Å². The minimum atomic E-state index is 0.0119. The van der Waals surface area contributed by atoms with Crippen molar-refractivity contribution in [3.8, 4) is 0 Å². The number of hydrazine groups is 1. The lowest BCUT2D eigenvalue weighted by molar-refractivity contribution is -0.129. The highest BCUT2D eigenvalue weighted by Gasteiger charge is 2.23. The molecule has 0 aromatic heterocycles. The van der Waals surface area contributed by atoms with Crippen molar-refractivity contribution in [3.63, 3.8) is 0 Å². The minimum absolute atomic E-state index is 0.0119. The van der Waals surface area contributed by atoms with E-state index in [9.17, 15) is 4.79 Å². The Bertz CT molecular complexity index is 198. The van der Waals surface area contributed by atoms with E-state index < -0.39 is 0 Å². The van der Waals surface area contributed by atoms with Crippen molar-refractivity contribution < 1.29 is 9.53 Å². The first-order valence-electron chi connectivity index (χ1n) is 5.23. The molecule has 2 fully saturated rings. The molecule has 0 saturated carbocycles. The number of ether oxygens (including phenoxy) is 1. The lowest BCUT2D eigenvalue weighted by Crippen LogP contribution is -2.53. The molecule has 0 bridgehead atoms. The minimum Gasteiger partial charge on any atom is -0.379 e.